The Labute approximate surface area is 168 Å². The van der Waals surface area contributed by atoms with Crippen LogP contribution in [0, 0.1) is 6.92 Å². The molecule has 1 atom stereocenters. The van der Waals surface area contributed by atoms with Gasteiger partial charge in [-0.3, -0.25) is 9.69 Å². The number of benzene rings is 1. The molecule has 0 radical (unpaired) electrons. The predicted octanol–water partition coefficient (Wildman–Crippen LogP) is 2.60. The first-order valence-corrected chi connectivity index (χ1v) is 9.04. The van der Waals surface area contributed by atoms with Gasteiger partial charge in [-0.15, -0.1) is 24.8 Å². The molecular formula is C19H31Cl2N3O2. The van der Waals surface area contributed by atoms with Crippen molar-refractivity contribution in [2.24, 2.45) is 5.73 Å². The summed E-state index contributed by atoms with van der Waals surface area (Å²) in [6.07, 6.45) is 3.69. The second-order valence-electron chi connectivity index (χ2n) is 7.15. The van der Waals surface area contributed by atoms with Gasteiger partial charge in [-0.05, 0) is 25.3 Å². The van der Waals surface area contributed by atoms with Gasteiger partial charge in [0.15, 0.2) is 0 Å². The molecular weight excluding hydrogens is 373 g/mol. The van der Waals surface area contributed by atoms with Gasteiger partial charge in [0.1, 0.15) is 0 Å². The third-order valence-corrected chi connectivity index (χ3v) is 5.32. The fraction of sp³-hybridized carbons (Fsp3) is 0.632. The summed E-state index contributed by atoms with van der Waals surface area (Å²) < 4.78 is 5.48. The second kappa shape index (κ2) is 10.5. The van der Waals surface area contributed by atoms with E-state index in [0.29, 0.717) is 6.54 Å². The zero-order valence-corrected chi connectivity index (χ0v) is 17.0. The summed E-state index contributed by atoms with van der Waals surface area (Å²) in [5.74, 6) is 0.00547. The van der Waals surface area contributed by atoms with E-state index in [2.05, 4.69) is 41.4 Å². The molecule has 3 rings (SSSR count). The number of rotatable bonds is 5. The number of carbonyl (C=O) groups excluding carboxylic acids is 1. The Bertz CT molecular complexity index is 574. The molecule has 0 bridgehead atoms. The Balaban J connectivity index is 0.00000169. The summed E-state index contributed by atoms with van der Waals surface area (Å²) in [5, 5.41) is 3.13. The quantitative estimate of drug-likeness (QED) is 0.792. The molecule has 1 aromatic rings. The van der Waals surface area contributed by atoms with Crippen LogP contribution in [-0.4, -0.2) is 49.2 Å². The summed E-state index contributed by atoms with van der Waals surface area (Å²) in [5.41, 5.74) is 8.10. The standard InChI is InChI=1S/C19H29N3O2.2ClH/c1-15-5-4-6-16(13-15)17(22-9-11-24-12-10-22)14-21-18(23)19(20)7-2-3-8-19;;/h4-6,13,17H,2-3,7-12,14,20H2,1H3,(H,21,23);2*1H. The molecule has 1 saturated heterocycles. The number of aryl methyl sites for hydroxylation is 1. The van der Waals surface area contributed by atoms with Crippen LogP contribution in [0.15, 0.2) is 24.3 Å². The monoisotopic (exact) mass is 403 g/mol. The number of morpholine rings is 1. The number of nitrogens with zero attached hydrogens (tertiary/aromatic N) is 1. The number of hydrogen-bond acceptors (Lipinski definition) is 4. The van der Waals surface area contributed by atoms with Crippen LogP contribution in [0.25, 0.3) is 0 Å². The molecule has 2 fully saturated rings. The molecule has 0 spiro atoms. The van der Waals surface area contributed by atoms with Crippen molar-refractivity contribution in [2.75, 3.05) is 32.8 Å². The fourth-order valence-electron chi connectivity index (χ4n) is 3.82. The van der Waals surface area contributed by atoms with Crippen molar-refractivity contribution in [2.45, 2.75) is 44.2 Å². The van der Waals surface area contributed by atoms with Gasteiger partial charge >= 0.3 is 0 Å². The van der Waals surface area contributed by atoms with Crippen LogP contribution in [0.1, 0.15) is 42.9 Å². The molecule has 3 N–H and O–H groups in total. The zero-order chi connectivity index (χ0) is 17.0. The fourth-order valence-corrected chi connectivity index (χ4v) is 3.82. The second-order valence-corrected chi connectivity index (χ2v) is 7.15. The minimum Gasteiger partial charge on any atom is -0.379 e. The summed E-state index contributed by atoms with van der Waals surface area (Å²) in [6.45, 7) is 5.98. The Morgan fingerprint density at radius 3 is 2.54 bits per heavy atom. The van der Waals surface area contributed by atoms with Gasteiger partial charge in [-0.2, -0.15) is 0 Å². The van der Waals surface area contributed by atoms with Crippen molar-refractivity contribution >= 4 is 30.7 Å². The zero-order valence-electron chi connectivity index (χ0n) is 15.4. The number of amides is 1. The normalized spacial score (nSPS) is 20.5. The number of carbonyl (C=O) groups is 1. The van der Waals surface area contributed by atoms with E-state index >= 15 is 0 Å². The largest absolute Gasteiger partial charge is 0.379 e. The highest BCUT2D eigenvalue weighted by molar-refractivity contribution is 5.86. The molecule has 26 heavy (non-hydrogen) atoms. The molecule has 148 valence electrons. The van der Waals surface area contributed by atoms with Gasteiger partial charge in [0.05, 0.1) is 24.8 Å². The molecule has 1 heterocycles. The van der Waals surface area contributed by atoms with Gasteiger partial charge in [-0.1, -0.05) is 42.7 Å². The van der Waals surface area contributed by atoms with Crippen LogP contribution in [0.5, 0.6) is 0 Å². The van der Waals surface area contributed by atoms with Gasteiger partial charge in [0, 0.05) is 19.6 Å². The molecule has 7 heteroatoms. The van der Waals surface area contributed by atoms with E-state index in [-0.39, 0.29) is 36.8 Å². The lowest BCUT2D eigenvalue weighted by Crippen LogP contribution is -2.54. The maximum Gasteiger partial charge on any atom is 0.240 e. The topological polar surface area (TPSA) is 67.6 Å². The number of nitrogens with one attached hydrogen (secondary N) is 1. The summed E-state index contributed by atoms with van der Waals surface area (Å²) in [4.78, 5) is 15.0. The summed E-state index contributed by atoms with van der Waals surface area (Å²) in [6, 6.07) is 8.71. The molecule has 1 saturated carbocycles. The van der Waals surface area contributed by atoms with Gasteiger partial charge in [-0.25, -0.2) is 0 Å². The first kappa shape index (κ1) is 23.2. The van der Waals surface area contributed by atoms with Crippen molar-refractivity contribution in [1.29, 1.82) is 0 Å². The molecule has 1 aliphatic heterocycles. The van der Waals surface area contributed by atoms with Crippen molar-refractivity contribution in [1.82, 2.24) is 10.2 Å². The van der Waals surface area contributed by atoms with Crippen molar-refractivity contribution < 1.29 is 9.53 Å². The smallest absolute Gasteiger partial charge is 0.240 e. The Morgan fingerprint density at radius 1 is 1.27 bits per heavy atom. The molecule has 1 unspecified atom stereocenters. The number of halogens is 2. The number of hydrogen-bond donors (Lipinski definition) is 2. The minimum absolute atomic E-state index is 0. The Morgan fingerprint density at radius 2 is 1.92 bits per heavy atom. The molecule has 1 aliphatic carbocycles. The SMILES string of the molecule is Cc1cccc(C(CNC(=O)C2(N)CCCC2)N2CCOCC2)c1.Cl.Cl. The van der Waals surface area contributed by atoms with Crippen LogP contribution in [-0.2, 0) is 9.53 Å². The van der Waals surface area contributed by atoms with Gasteiger partial charge in [0.25, 0.3) is 0 Å². The van der Waals surface area contributed by atoms with Crippen molar-refractivity contribution in [3.8, 4) is 0 Å². The maximum atomic E-state index is 12.6. The lowest BCUT2D eigenvalue weighted by molar-refractivity contribution is -0.126. The van der Waals surface area contributed by atoms with E-state index in [1.807, 2.05) is 0 Å². The van der Waals surface area contributed by atoms with Crippen LogP contribution < -0.4 is 11.1 Å². The van der Waals surface area contributed by atoms with E-state index in [0.717, 1.165) is 52.0 Å². The molecule has 0 aromatic heterocycles. The lowest BCUT2D eigenvalue weighted by Gasteiger charge is -2.35. The third kappa shape index (κ3) is 5.57. The Kier molecular flexibility index (Phi) is 9.34. The van der Waals surface area contributed by atoms with E-state index in [1.54, 1.807) is 0 Å². The number of ether oxygens (including phenoxy) is 1. The van der Waals surface area contributed by atoms with Crippen LogP contribution in [0.2, 0.25) is 0 Å². The van der Waals surface area contributed by atoms with Crippen molar-refractivity contribution in [3.63, 3.8) is 0 Å². The first-order valence-electron chi connectivity index (χ1n) is 9.04. The highest BCUT2D eigenvalue weighted by Crippen LogP contribution is 2.28. The highest BCUT2D eigenvalue weighted by Gasteiger charge is 2.37. The third-order valence-electron chi connectivity index (χ3n) is 5.32. The molecule has 2 aliphatic rings. The average molecular weight is 404 g/mol. The van der Waals surface area contributed by atoms with E-state index < -0.39 is 5.54 Å². The van der Waals surface area contributed by atoms with Crippen LogP contribution in [0.3, 0.4) is 0 Å². The van der Waals surface area contributed by atoms with Gasteiger partial charge < -0.3 is 15.8 Å². The average Bonchev–Trinajstić information content (AvgIpc) is 3.04. The van der Waals surface area contributed by atoms with Gasteiger partial charge in [0.2, 0.25) is 5.91 Å². The highest BCUT2D eigenvalue weighted by atomic mass is 35.5. The summed E-state index contributed by atoms with van der Waals surface area (Å²) in [7, 11) is 0. The minimum atomic E-state index is -0.665. The first-order chi connectivity index (χ1) is 11.6. The molecule has 1 aromatic carbocycles. The summed E-state index contributed by atoms with van der Waals surface area (Å²) >= 11 is 0. The lowest BCUT2D eigenvalue weighted by atomic mass is 9.97. The van der Waals surface area contributed by atoms with Crippen LogP contribution >= 0.6 is 24.8 Å². The maximum absolute atomic E-state index is 12.6. The molecule has 1 amide bonds. The molecule has 5 nitrogen and oxygen atoms in total. The van der Waals surface area contributed by atoms with E-state index in [4.69, 9.17) is 10.5 Å². The van der Waals surface area contributed by atoms with E-state index in [9.17, 15) is 4.79 Å². The predicted molar refractivity (Wildman–Crippen MR) is 109 cm³/mol. The number of nitrogens with two attached hydrogens (primary N) is 1. The van der Waals surface area contributed by atoms with E-state index in [1.165, 1.54) is 11.1 Å². The van der Waals surface area contributed by atoms with Crippen LogP contribution in [0.4, 0.5) is 0 Å². The Hall–Kier alpha value is -0.850. The van der Waals surface area contributed by atoms with Crippen molar-refractivity contribution in [3.05, 3.63) is 35.4 Å².